The number of nitrogens with zero attached hydrogens (tertiary/aromatic N) is 1. The van der Waals surface area contributed by atoms with E-state index in [1.807, 2.05) is 4.90 Å². The van der Waals surface area contributed by atoms with Crippen molar-refractivity contribution >= 4 is 12.0 Å². The molecule has 1 saturated heterocycles. The first-order valence-electron chi connectivity index (χ1n) is 8.09. The summed E-state index contributed by atoms with van der Waals surface area (Å²) in [6.45, 7) is 8.76. The minimum absolute atomic E-state index is 0.00172. The molecule has 0 aromatic heterocycles. The van der Waals surface area contributed by atoms with Gasteiger partial charge in [0.25, 0.3) is 0 Å². The Bertz CT molecular complexity index is 347. The second-order valence-electron chi connectivity index (χ2n) is 6.82. The fourth-order valence-electron chi connectivity index (χ4n) is 3.30. The lowest BCUT2D eigenvalue weighted by molar-refractivity contribution is -0.138. The second kappa shape index (κ2) is 8.25. The van der Waals surface area contributed by atoms with Crippen LogP contribution in [0.1, 0.15) is 59.8 Å². The molecule has 2 N–H and O–H groups in total. The van der Waals surface area contributed by atoms with Gasteiger partial charge in [0, 0.05) is 25.0 Å². The van der Waals surface area contributed by atoms with Gasteiger partial charge in [0.05, 0.1) is 0 Å². The Balaban J connectivity index is 2.53. The lowest BCUT2D eigenvalue weighted by atomic mass is 9.94. The summed E-state index contributed by atoms with van der Waals surface area (Å²) in [7, 11) is 0. The van der Waals surface area contributed by atoms with Gasteiger partial charge in [-0.15, -0.1) is 0 Å². The molecular formula is C16H30N2O3. The number of carbonyl (C=O) groups is 2. The average Bonchev–Trinajstić information content (AvgIpc) is 2.34. The molecule has 0 radical (unpaired) electrons. The molecule has 1 heterocycles. The molecule has 1 rings (SSSR count). The number of amides is 2. The smallest absolute Gasteiger partial charge is 0.317 e. The molecule has 0 aromatic rings. The van der Waals surface area contributed by atoms with Gasteiger partial charge >= 0.3 is 12.0 Å². The van der Waals surface area contributed by atoms with Crippen LogP contribution in [0.3, 0.4) is 0 Å². The van der Waals surface area contributed by atoms with Crippen molar-refractivity contribution in [1.82, 2.24) is 10.2 Å². The van der Waals surface area contributed by atoms with Gasteiger partial charge in [-0.25, -0.2) is 4.79 Å². The number of urea groups is 1. The van der Waals surface area contributed by atoms with Gasteiger partial charge in [-0.3, -0.25) is 4.79 Å². The summed E-state index contributed by atoms with van der Waals surface area (Å²) in [4.78, 5) is 25.2. The van der Waals surface area contributed by atoms with Gasteiger partial charge in [0.1, 0.15) is 0 Å². The van der Waals surface area contributed by atoms with Crippen LogP contribution in [-0.2, 0) is 4.79 Å². The average molecular weight is 298 g/mol. The summed E-state index contributed by atoms with van der Waals surface area (Å²) in [6.07, 6.45) is 4.19. The first kappa shape index (κ1) is 17.8. The highest BCUT2D eigenvalue weighted by Gasteiger charge is 2.29. The van der Waals surface area contributed by atoms with Gasteiger partial charge < -0.3 is 15.3 Å². The molecule has 0 saturated carbocycles. The first-order chi connectivity index (χ1) is 9.81. The molecule has 21 heavy (non-hydrogen) atoms. The van der Waals surface area contributed by atoms with E-state index in [0.717, 1.165) is 19.3 Å². The van der Waals surface area contributed by atoms with Crippen LogP contribution in [0.15, 0.2) is 0 Å². The molecule has 3 atom stereocenters. The Labute approximate surface area is 128 Å². The monoisotopic (exact) mass is 298 g/mol. The highest BCUT2D eigenvalue weighted by atomic mass is 16.4. The zero-order valence-corrected chi connectivity index (χ0v) is 13.8. The third-order valence-corrected chi connectivity index (χ3v) is 4.24. The summed E-state index contributed by atoms with van der Waals surface area (Å²) in [5.74, 6) is -0.365. The largest absolute Gasteiger partial charge is 0.481 e. The van der Waals surface area contributed by atoms with E-state index in [2.05, 4.69) is 33.0 Å². The third kappa shape index (κ3) is 5.94. The minimum atomic E-state index is -0.797. The zero-order valence-electron chi connectivity index (χ0n) is 13.8. The molecule has 122 valence electrons. The Kier molecular flexibility index (Phi) is 6.99. The molecule has 0 unspecified atom stereocenters. The Hall–Kier alpha value is -1.26. The van der Waals surface area contributed by atoms with Crippen LogP contribution >= 0.6 is 0 Å². The van der Waals surface area contributed by atoms with E-state index in [-0.39, 0.29) is 30.5 Å². The Morgan fingerprint density at radius 3 is 2.29 bits per heavy atom. The summed E-state index contributed by atoms with van der Waals surface area (Å²) in [5, 5.41) is 11.9. The zero-order chi connectivity index (χ0) is 16.0. The molecular weight excluding hydrogens is 268 g/mol. The van der Waals surface area contributed by atoms with Crippen LogP contribution in [0.2, 0.25) is 0 Å². The van der Waals surface area contributed by atoms with E-state index in [9.17, 15) is 9.59 Å². The number of aliphatic carboxylic acids is 1. The number of carbonyl (C=O) groups excluding carboxylic acids is 1. The predicted octanol–water partition coefficient (Wildman–Crippen LogP) is 3.10. The van der Waals surface area contributed by atoms with Gasteiger partial charge in [-0.2, -0.15) is 0 Å². The Morgan fingerprint density at radius 1 is 1.24 bits per heavy atom. The SMILES string of the molecule is CC(C)C[C@H](CNC(=O)N1[C@H](C)CCC[C@@H]1C)CC(=O)O. The standard InChI is InChI=1S/C16H30N2O3/c1-11(2)8-14(9-15(19)20)10-17-16(21)18-12(3)6-5-7-13(18)4/h11-14H,5-10H2,1-4H3,(H,17,21)(H,19,20)/t12-,13+,14-/m0/s1. The van der Waals surface area contributed by atoms with E-state index in [0.29, 0.717) is 12.5 Å². The molecule has 5 nitrogen and oxygen atoms in total. The molecule has 1 fully saturated rings. The number of carboxylic acid groups (broad SMARTS) is 1. The van der Waals surface area contributed by atoms with E-state index in [1.54, 1.807) is 0 Å². The van der Waals surface area contributed by atoms with Crippen molar-refractivity contribution in [3.63, 3.8) is 0 Å². The van der Waals surface area contributed by atoms with Crippen molar-refractivity contribution in [3.8, 4) is 0 Å². The fraction of sp³-hybridized carbons (Fsp3) is 0.875. The first-order valence-corrected chi connectivity index (χ1v) is 8.09. The van der Waals surface area contributed by atoms with Crippen LogP contribution in [0.4, 0.5) is 4.79 Å². The minimum Gasteiger partial charge on any atom is -0.481 e. The summed E-state index contributed by atoms with van der Waals surface area (Å²) < 4.78 is 0. The van der Waals surface area contributed by atoms with Crippen LogP contribution < -0.4 is 5.32 Å². The molecule has 0 bridgehead atoms. The molecule has 1 aliphatic heterocycles. The molecule has 1 aliphatic rings. The van der Waals surface area contributed by atoms with Crippen molar-refractivity contribution in [3.05, 3.63) is 0 Å². The van der Waals surface area contributed by atoms with E-state index >= 15 is 0 Å². The van der Waals surface area contributed by atoms with Crippen LogP contribution in [0, 0.1) is 11.8 Å². The molecule has 2 amide bonds. The summed E-state index contributed by atoms with van der Waals surface area (Å²) >= 11 is 0. The maximum atomic E-state index is 12.4. The number of carboxylic acids is 1. The summed E-state index contributed by atoms with van der Waals surface area (Å²) in [6, 6.07) is 0.474. The Morgan fingerprint density at radius 2 is 1.81 bits per heavy atom. The number of piperidine rings is 1. The lowest BCUT2D eigenvalue weighted by Crippen LogP contribution is -2.52. The van der Waals surface area contributed by atoms with Gasteiger partial charge in [-0.1, -0.05) is 13.8 Å². The molecule has 0 spiro atoms. The number of nitrogens with one attached hydrogen (secondary N) is 1. The molecule has 0 aromatic carbocycles. The maximum Gasteiger partial charge on any atom is 0.317 e. The number of likely N-dealkylation sites (tertiary alicyclic amines) is 1. The highest BCUT2D eigenvalue weighted by molar-refractivity contribution is 5.75. The normalized spacial score (nSPS) is 24.0. The number of hydrogen-bond acceptors (Lipinski definition) is 2. The predicted molar refractivity (Wildman–Crippen MR) is 83.2 cm³/mol. The van der Waals surface area contributed by atoms with Crippen LogP contribution in [-0.4, -0.2) is 40.6 Å². The fourth-order valence-corrected chi connectivity index (χ4v) is 3.30. The third-order valence-electron chi connectivity index (χ3n) is 4.24. The highest BCUT2D eigenvalue weighted by Crippen LogP contribution is 2.22. The second-order valence-corrected chi connectivity index (χ2v) is 6.82. The van der Waals surface area contributed by atoms with Crippen molar-refractivity contribution in [2.24, 2.45) is 11.8 Å². The van der Waals surface area contributed by atoms with Crippen molar-refractivity contribution in [2.45, 2.75) is 71.9 Å². The van der Waals surface area contributed by atoms with Gasteiger partial charge in [0.2, 0.25) is 0 Å². The van der Waals surface area contributed by atoms with Crippen molar-refractivity contribution in [2.75, 3.05) is 6.54 Å². The van der Waals surface area contributed by atoms with Gasteiger partial charge in [0.15, 0.2) is 0 Å². The van der Waals surface area contributed by atoms with Crippen LogP contribution in [0.25, 0.3) is 0 Å². The number of hydrogen-bond donors (Lipinski definition) is 2. The quantitative estimate of drug-likeness (QED) is 0.791. The van der Waals surface area contributed by atoms with Crippen molar-refractivity contribution in [1.29, 1.82) is 0 Å². The topological polar surface area (TPSA) is 69.6 Å². The molecule has 5 heteroatoms. The molecule has 0 aliphatic carbocycles. The van der Waals surface area contributed by atoms with Gasteiger partial charge in [-0.05, 0) is 51.4 Å². The maximum absolute atomic E-state index is 12.4. The summed E-state index contributed by atoms with van der Waals surface area (Å²) in [5.41, 5.74) is 0. The van der Waals surface area contributed by atoms with E-state index < -0.39 is 5.97 Å². The lowest BCUT2D eigenvalue weighted by Gasteiger charge is -2.39. The van der Waals surface area contributed by atoms with E-state index in [4.69, 9.17) is 5.11 Å². The number of rotatable bonds is 6. The van der Waals surface area contributed by atoms with Crippen molar-refractivity contribution < 1.29 is 14.7 Å². The van der Waals surface area contributed by atoms with Crippen LogP contribution in [0.5, 0.6) is 0 Å². The van der Waals surface area contributed by atoms with E-state index in [1.165, 1.54) is 6.42 Å².